The fourth-order valence-corrected chi connectivity index (χ4v) is 2.68. The summed E-state index contributed by atoms with van der Waals surface area (Å²) in [4.78, 5) is 0. The van der Waals surface area contributed by atoms with Gasteiger partial charge in [-0.1, -0.05) is 57.3 Å². The second-order valence-electron chi connectivity index (χ2n) is 4.27. The molecule has 0 bridgehead atoms. The van der Waals surface area contributed by atoms with Crippen LogP contribution < -0.4 is 0 Å². The molecule has 112 valence electrons. The highest BCUT2D eigenvalue weighted by molar-refractivity contribution is 9.10. The third-order valence-corrected chi connectivity index (χ3v) is 4.22. The molecule has 2 aromatic carbocycles. The van der Waals surface area contributed by atoms with Crippen LogP contribution in [-0.2, 0) is 6.18 Å². The van der Waals surface area contributed by atoms with Crippen molar-refractivity contribution >= 4 is 39.1 Å². The average Bonchev–Trinajstić information content (AvgIpc) is 2.40. The first-order valence-corrected chi connectivity index (χ1v) is 7.25. The minimum Gasteiger partial charge on any atom is -0.384 e. The summed E-state index contributed by atoms with van der Waals surface area (Å²) < 4.78 is 39.5. The molecule has 0 amide bonds. The molecule has 2 aromatic rings. The largest absolute Gasteiger partial charge is 0.416 e. The molecule has 0 aliphatic carbocycles. The Labute approximate surface area is 137 Å². The number of alkyl halides is 3. The SMILES string of the molecule is OC(c1ccc(Br)cc1C(F)(F)F)c1cccc(Cl)c1Cl. The van der Waals surface area contributed by atoms with Crippen LogP contribution in [0.4, 0.5) is 13.2 Å². The molecule has 1 N–H and O–H groups in total. The molecule has 0 saturated heterocycles. The van der Waals surface area contributed by atoms with Crippen molar-refractivity contribution < 1.29 is 18.3 Å². The van der Waals surface area contributed by atoms with Crippen molar-refractivity contribution in [3.63, 3.8) is 0 Å². The van der Waals surface area contributed by atoms with Crippen molar-refractivity contribution in [2.75, 3.05) is 0 Å². The Kier molecular flexibility index (Phi) is 4.88. The number of hydrogen-bond acceptors (Lipinski definition) is 1. The van der Waals surface area contributed by atoms with Crippen molar-refractivity contribution in [2.24, 2.45) is 0 Å². The van der Waals surface area contributed by atoms with Gasteiger partial charge in [-0.15, -0.1) is 0 Å². The van der Waals surface area contributed by atoms with Gasteiger partial charge in [-0.3, -0.25) is 0 Å². The molecule has 1 unspecified atom stereocenters. The average molecular weight is 400 g/mol. The van der Waals surface area contributed by atoms with Crippen LogP contribution >= 0.6 is 39.1 Å². The minimum absolute atomic E-state index is 0.0303. The number of halogens is 6. The lowest BCUT2D eigenvalue weighted by molar-refractivity contribution is -0.139. The molecular formula is C14H8BrCl2F3O. The molecule has 0 fully saturated rings. The maximum Gasteiger partial charge on any atom is 0.416 e. The molecule has 0 aliphatic heterocycles. The second-order valence-corrected chi connectivity index (χ2v) is 5.98. The molecule has 0 aromatic heterocycles. The Morgan fingerprint density at radius 3 is 2.33 bits per heavy atom. The number of aliphatic hydroxyl groups excluding tert-OH is 1. The van der Waals surface area contributed by atoms with Crippen LogP contribution in [-0.4, -0.2) is 5.11 Å². The van der Waals surface area contributed by atoms with E-state index in [-0.39, 0.29) is 25.6 Å². The zero-order chi connectivity index (χ0) is 15.8. The quantitative estimate of drug-likeness (QED) is 0.670. The summed E-state index contributed by atoms with van der Waals surface area (Å²) in [6.45, 7) is 0. The Morgan fingerprint density at radius 2 is 1.71 bits per heavy atom. The van der Waals surface area contributed by atoms with E-state index < -0.39 is 17.8 Å². The van der Waals surface area contributed by atoms with Gasteiger partial charge in [0, 0.05) is 10.0 Å². The Balaban J connectivity index is 2.59. The van der Waals surface area contributed by atoms with Crippen molar-refractivity contribution in [3.8, 4) is 0 Å². The van der Waals surface area contributed by atoms with Gasteiger partial charge in [0.15, 0.2) is 0 Å². The topological polar surface area (TPSA) is 20.2 Å². The maximum atomic E-state index is 13.1. The summed E-state index contributed by atoms with van der Waals surface area (Å²) in [5, 5.41) is 10.5. The van der Waals surface area contributed by atoms with Crippen LogP contribution in [0.1, 0.15) is 22.8 Å². The fourth-order valence-electron chi connectivity index (χ4n) is 1.91. The van der Waals surface area contributed by atoms with Gasteiger partial charge in [-0.2, -0.15) is 13.2 Å². The maximum absolute atomic E-state index is 13.1. The lowest BCUT2D eigenvalue weighted by Gasteiger charge is -2.19. The third kappa shape index (κ3) is 3.54. The van der Waals surface area contributed by atoms with E-state index in [4.69, 9.17) is 23.2 Å². The van der Waals surface area contributed by atoms with Gasteiger partial charge in [0.1, 0.15) is 6.10 Å². The van der Waals surface area contributed by atoms with Gasteiger partial charge in [-0.25, -0.2) is 0 Å². The third-order valence-electron chi connectivity index (χ3n) is 2.89. The van der Waals surface area contributed by atoms with E-state index >= 15 is 0 Å². The fraction of sp³-hybridized carbons (Fsp3) is 0.143. The van der Waals surface area contributed by atoms with E-state index in [1.165, 1.54) is 30.3 Å². The van der Waals surface area contributed by atoms with Gasteiger partial charge < -0.3 is 5.11 Å². The van der Waals surface area contributed by atoms with Crippen LogP contribution in [0.2, 0.25) is 10.0 Å². The predicted molar refractivity (Wildman–Crippen MR) is 79.7 cm³/mol. The molecule has 1 nitrogen and oxygen atoms in total. The van der Waals surface area contributed by atoms with E-state index in [1.807, 2.05) is 0 Å². The van der Waals surface area contributed by atoms with E-state index in [1.54, 1.807) is 0 Å². The number of benzene rings is 2. The minimum atomic E-state index is -4.59. The van der Waals surface area contributed by atoms with Crippen LogP contribution in [0, 0.1) is 0 Å². The lowest BCUT2D eigenvalue weighted by Crippen LogP contribution is -2.13. The van der Waals surface area contributed by atoms with E-state index in [0.29, 0.717) is 0 Å². The van der Waals surface area contributed by atoms with E-state index in [0.717, 1.165) is 6.07 Å². The molecule has 7 heteroatoms. The summed E-state index contributed by atoms with van der Waals surface area (Å²) >= 11 is 14.8. The van der Waals surface area contributed by atoms with Gasteiger partial charge >= 0.3 is 6.18 Å². The molecule has 0 radical (unpaired) electrons. The molecule has 0 spiro atoms. The number of hydrogen-bond donors (Lipinski definition) is 1. The zero-order valence-electron chi connectivity index (χ0n) is 10.3. The highest BCUT2D eigenvalue weighted by Crippen LogP contribution is 2.40. The van der Waals surface area contributed by atoms with Crippen molar-refractivity contribution in [1.29, 1.82) is 0 Å². The highest BCUT2D eigenvalue weighted by Gasteiger charge is 2.35. The molecule has 0 saturated carbocycles. The zero-order valence-corrected chi connectivity index (χ0v) is 13.4. The lowest BCUT2D eigenvalue weighted by atomic mass is 9.96. The van der Waals surface area contributed by atoms with E-state index in [2.05, 4.69) is 15.9 Å². The van der Waals surface area contributed by atoms with Crippen molar-refractivity contribution in [2.45, 2.75) is 12.3 Å². The van der Waals surface area contributed by atoms with Gasteiger partial charge in [0.25, 0.3) is 0 Å². The van der Waals surface area contributed by atoms with E-state index in [9.17, 15) is 18.3 Å². The summed E-state index contributed by atoms with van der Waals surface area (Å²) in [5.74, 6) is 0. The Bertz CT molecular complexity index is 674. The smallest absolute Gasteiger partial charge is 0.384 e. The van der Waals surface area contributed by atoms with Gasteiger partial charge in [0.05, 0.1) is 15.6 Å². The summed E-state index contributed by atoms with van der Waals surface area (Å²) in [7, 11) is 0. The molecule has 21 heavy (non-hydrogen) atoms. The second kappa shape index (κ2) is 6.16. The predicted octanol–water partition coefficient (Wildman–Crippen LogP) is 5.86. The first-order valence-electron chi connectivity index (χ1n) is 5.70. The molecule has 2 rings (SSSR count). The normalized spacial score (nSPS) is 13.3. The standard InChI is InChI=1S/C14H8BrCl2F3O/c15-7-4-5-8(10(6-7)14(18,19)20)13(21)9-2-1-3-11(16)12(9)17/h1-6,13,21H. The van der Waals surface area contributed by atoms with Crippen molar-refractivity contribution in [1.82, 2.24) is 0 Å². The number of aliphatic hydroxyl groups is 1. The van der Waals surface area contributed by atoms with Gasteiger partial charge in [0.2, 0.25) is 0 Å². The molecule has 0 heterocycles. The van der Waals surface area contributed by atoms with Crippen molar-refractivity contribution in [3.05, 3.63) is 67.6 Å². The van der Waals surface area contributed by atoms with Gasteiger partial charge in [-0.05, 0) is 23.8 Å². The molecule has 1 atom stereocenters. The van der Waals surface area contributed by atoms with Crippen LogP contribution in [0.15, 0.2) is 40.9 Å². The number of rotatable bonds is 2. The summed E-state index contributed by atoms with van der Waals surface area (Å²) in [5.41, 5.74) is -1.09. The molecule has 0 aliphatic rings. The summed E-state index contributed by atoms with van der Waals surface area (Å²) in [6, 6.07) is 7.98. The Morgan fingerprint density at radius 1 is 1.05 bits per heavy atom. The monoisotopic (exact) mass is 398 g/mol. The highest BCUT2D eigenvalue weighted by atomic mass is 79.9. The Hall–Kier alpha value is -0.750. The van der Waals surface area contributed by atoms with Crippen LogP contribution in [0.25, 0.3) is 0 Å². The van der Waals surface area contributed by atoms with Crippen LogP contribution in [0.5, 0.6) is 0 Å². The molecular weight excluding hydrogens is 392 g/mol. The first kappa shape index (κ1) is 16.6. The van der Waals surface area contributed by atoms with Crippen LogP contribution in [0.3, 0.4) is 0 Å². The first-order chi connectivity index (χ1) is 9.71. The summed E-state index contributed by atoms with van der Waals surface area (Å²) in [6.07, 6.45) is -6.12.